The topological polar surface area (TPSA) is 35.5 Å². The summed E-state index contributed by atoms with van der Waals surface area (Å²) in [6, 6.07) is 27.8. The Morgan fingerprint density at radius 2 is 1.23 bits per heavy atom. The van der Waals surface area contributed by atoms with Gasteiger partial charge in [-0.3, -0.25) is 4.57 Å². The van der Waals surface area contributed by atoms with Crippen molar-refractivity contribution in [3.63, 3.8) is 0 Å². The molecule has 0 fully saturated rings. The maximum atomic E-state index is 13.0. The first-order valence-corrected chi connectivity index (χ1v) is 9.85. The molecule has 0 atom stereocenters. The molecule has 0 aliphatic rings. The van der Waals surface area contributed by atoms with Crippen molar-refractivity contribution in [1.82, 2.24) is 0 Å². The fourth-order valence-corrected chi connectivity index (χ4v) is 4.08. The fraction of sp³-hybridized carbons (Fsp3) is 0.0909. The predicted molar refractivity (Wildman–Crippen MR) is 108 cm³/mol. The van der Waals surface area contributed by atoms with E-state index in [1.54, 1.807) is 0 Å². The van der Waals surface area contributed by atoms with Gasteiger partial charge in [-0.15, -0.1) is 0 Å². The highest BCUT2D eigenvalue weighted by Crippen LogP contribution is 2.59. The van der Waals surface area contributed by atoms with Crippen LogP contribution in [-0.4, -0.2) is 14.2 Å². The van der Waals surface area contributed by atoms with Crippen molar-refractivity contribution < 1.29 is 13.6 Å². The van der Waals surface area contributed by atoms with Crippen LogP contribution in [0, 0.1) is 0 Å². The Labute approximate surface area is 154 Å². The van der Waals surface area contributed by atoms with Crippen LogP contribution in [0.25, 0.3) is 22.5 Å². The fourth-order valence-electron chi connectivity index (χ4n) is 2.76. The highest BCUT2D eigenvalue weighted by Gasteiger charge is 2.28. The summed E-state index contributed by atoms with van der Waals surface area (Å²) in [5, 5.41) is 0.538. The molecular weight excluding hydrogens is 343 g/mol. The molecule has 0 heterocycles. The monoisotopic (exact) mass is 364 g/mol. The molecule has 3 aromatic rings. The molecule has 3 aromatic carbocycles. The Bertz CT molecular complexity index is 909. The van der Waals surface area contributed by atoms with Crippen molar-refractivity contribution in [3.8, 4) is 11.1 Å². The molecule has 0 bridgehead atoms. The summed E-state index contributed by atoms with van der Waals surface area (Å²) in [4.78, 5) is 0. The molecule has 0 aromatic heterocycles. The van der Waals surface area contributed by atoms with E-state index in [0.29, 0.717) is 5.31 Å². The molecule has 0 spiro atoms. The van der Waals surface area contributed by atoms with E-state index in [-0.39, 0.29) is 0 Å². The number of hydrogen-bond acceptors (Lipinski definition) is 3. The van der Waals surface area contributed by atoms with Gasteiger partial charge in [0.1, 0.15) is 0 Å². The van der Waals surface area contributed by atoms with Crippen molar-refractivity contribution in [2.45, 2.75) is 0 Å². The zero-order valence-corrected chi connectivity index (χ0v) is 15.7. The highest BCUT2D eigenvalue weighted by molar-refractivity contribution is 7.65. The second kappa shape index (κ2) is 8.29. The molecule has 0 N–H and O–H groups in total. The number of hydrogen-bond donors (Lipinski definition) is 0. The second-order valence-corrected chi connectivity index (χ2v) is 7.95. The van der Waals surface area contributed by atoms with E-state index in [9.17, 15) is 4.57 Å². The summed E-state index contributed by atoms with van der Waals surface area (Å²) in [5.74, 6) is 0. The maximum absolute atomic E-state index is 13.0. The van der Waals surface area contributed by atoms with E-state index in [2.05, 4.69) is 12.1 Å². The molecule has 132 valence electrons. The van der Waals surface area contributed by atoms with Crippen LogP contribution in [0.5, 0.6) is 0 Å². The van der Waals surface area contributed by atoms with Crippen molar-refractivity contribution in [2.24, 2.45) is 0 Å². The molecule has 26 heavy (non-hydrogen) atoms. The van der Waals surface area contributed by atoms with E-state index in [4.69, 9.17) is 9.05 Å². The molecule has 0 saturated carbocycles. The van der Waals surface area contributed by atoms with Crippen LogP contribution in [0.1, 0.15) is 11.1 Å². The first-order chi connectivity index (χ1) is 12.7. The summed E-state index contributed by atoms with van der Waals surface area (Å²) >= 11 is 0. The minimum Gasteiger partial charge on any atom is -0.309 e. The van der Waals surface area contributed by atoms with Gasteiger partial charge in [0.25, 0.3) is 0 Å². The number of benzene rings is 3. The Hall–Kier alpha value is -2.45. The summed E-state index contributed by atoms with van der Waals surface area (Å²) in [5.41, 5.74) is 4.03. The van der Waals surface area contributed by atoms with Crippen LogP contribution in [0.3, 0.4) is 0 Å². The zero-order chi connectivity index (χ0) is 18.4. The average Bonchev–Trinajstić information content (AvgIpc) is 2.73. The highest BCUT2D eigenvalue weighted by atomic mass is 31.2. The van der Waals surface area contributed by atoms with E-state index in [0.717, 1.165) is 22.3 Å². The van der Waals surface area contributed by atoms with Gasteiger partial charge in [-0.2, -0.15) is 0 Å². The molecule has 0 radical (unpaired) electrons. The van der Waals surface area contributed by atoms with Crippen LogP contribution in [-0.2, 0) is 13.6 Å². The second-order valence-electron chi connectivity index (χ2n) is 5.75. The van der Waals surface area contributed by atoms with Crippen molar-refractivity contribution >= 4 is 19.0 Å². The lowest BCUT2D eigenvalue weighted by Crippen LogP contribution is -1.93. The molecule has 0 amide bonds. The summed E-state index contributed by atoms with van der Waals surface area (Å²) in [6.07, 6.45) is 1.86. The third-order valence-corrected chi connectivity index (χ3v) is 6.11. The summed E-state index contributed by atoms with van der Waals surface area (Å²) in [7, 11) is -0.583. The average molecular weight is 364 g/mol. The minimum absolute atomic E-state index is 0.538. The molecule has 3 rings (SSSR count). The first kappa shape index (κ1) is 18.3. The van der Waals surface area contributed by atoms with E-state index in [1.807, 2.05) is 78.9 Å². The Morgan fingerprint density at radius 1 is 0.731 bits per heavy atom. The van der Waals surface area contributed by atoms with Crippen molar-refractivity contribution in [1.29, 1.82) is 0 Å². The largest absolute Gasteiger partial charge is 0.361 e. The van der Waals surface area contributed by atoms with Crippen molar-refractivity contribution in [2.75, 3.05) is 14.2 Å². The Kier molecular flexibility index (Phi) is 5.85. The third-order valence-electron chi connectivity index (χ3n) is 4.17. The van der Waals surface area contributed by atoms with Gasteiger partial charge in [-0.1, -0.05) is 84.9 Å². The smallest absolute Gasteiger partial charge is 0.309 e. The van der Waals surface area contributed by atoms with E-state index < -0.39 is 7.60 Å². The van der Waals surface area contributed by atoms with Gasteiger partial charge >= 0.3 is 7.60 Å². The molecule has 4 heteroatoms. The van der Waals surface area contributed by atoms with Gasteiger partial charge in [0.2, 0.25) is 0 Å². The standard InChI is InChI=1S/C22H21O3P/c1-24-26(23,25-2)22(21-11-7-4-8-12-21)17-18-13-15-20(16-14-18)19-9-5-3-6-10-19/h3-17H,1-2H3/b22-17+. The molecule has 0 aliphatic heterocycles. The minimum atomic E-state index is -3.39. The lowest BCUT2D eigenvalue weighted by atomic mass is 10.0. The molecule has 0 saturated heterocycles. The van der Waals surface area contributed by atoms with E-state index in [1.165, 1.54) is 14.2 Å². The first-order valence-electron chi connectivity index (χ1n) is 8.31. The van der Waals surface area contributed by atoms with Gasteiger partial charge in [-0.05, 0) is 28.3 Å². The number of rotatable bonds is 6. The van der Waals surface area contributed by atoms with Crippen LogP contribution < -0.4 is 0 Å². The van der Waals surface area contributed by atoms with Gasteiger partial charge in [0, 0.05) is 14.2 Å². The summed E-state index contributed by atoms with van der Waals surface area (Å²) < 4.78 is 23.5. The van der Waals surface area contributed by atoms with Gasteiger partial charge in [0.15, 0.2) is 0 Å². The van der Waals surface area contributed by atoms with E-state index >= 15 is 0 Å². The van der Waals surface area contributed by atoms with Crippen LogP contribution in [0.15, 0.2) is 84.9 Å². The third kappa shape index (κ3) is 4.03. The SMILES string of the molecule is COP(=O)(OC)/C(=C/c1ccc(-c2ccccc2)cc1)c1ccccc1. The van der Waals surface area contributed by atoms with Crippen LogP contribution in [0.4, 0.5) is 0 Å². The quantitative estimate of drug-likeness (QED) is 0.378. The lowest BCUT2D eigenvalue weighted by Gasteiger charge is -2.18. The normalized spacial score (nSPS) is 12.2. The van der Waals surface area contributed by atoms with Crippen LogP contribution >= 0.6 is 7.60 Å². The van der Waals surface area contributed by atoms with Gasteiger partial charge in [-0.25, -0.2) is 0 Å². The Balaban J connectivity index is 2.02. The molecule has 0 unspecified atom stereocenters. The lowest BCUT2D eigenvalue weighted by molar-refractivity contribution is 0.288. The Morgan fingerprint density at radius 3 is 1.77 bits per heavy atom. The summed E-state index contributed by atoms with van der Waals surface area (Å²) in [6.45, 7) is 0. The van der Waals surface area contributed by atoms with Gasteiger partial charge < -0.3 is 9.05 Å². The molecular formula is C22H21O3P. The van der Waals surface area contributed by atoms with Crippen LogP contribution in [0.2, 0.25) is 0 Å². The molecule has 0 aliphatic carbocycles. The predicted octanol–water partition coefficient (Wildman–Crippen LogP) is 6.34. The zero-order valence-electron chi connectivity index (χ0n) is 14.8. The molecule has 3 nitrogen and oxygen atoms in total. The maximum Gasteiger partial charge on any atom is 0.361 e. The van der Waals surface area contributed by atoms with Crippen molar-refractivity contribution in [3.05, 3.63) is 96.1 Å². The van der Waals surface area contributed by atoms with Gasteiger partial charge in [0.05, 0.1) is 5.31 Å².